The van der Waals surface area contributed by atoms with E-state index < -0.39 is 6.10 Å². The van der Waals surface area contributed by atoms with Crippen molar-refractivity contribution in [3.05, 3.63) is 52.4 Å². The van der Waals surface area contributed by atoms with Crippen LogP contribution in [-0.4, -0.2) is 14.9 Å². The number of hydrogen-bond acceptors (Lipinski definition) is 3. The monoisotopic (exact) mass is 230 g/mol. The lowest BCUT2D eigenvalue weighted by atomic mass is 10.00. The average molecular weight is 230 g/mol. The smallest absolute Gasteiger partial charge is 0.274 e. The van der Waals surface area contributed by atoms with Crippen molar-refractivity contribution >= 4 is 0 Å². The topological polar surface area (TPSA) is 55.1 Å². The van der Waals surface area contributed by atoms with Gasteiger partial charge in [-0.3, -0.25) is 4.79 Å². The van der Waals surface area contributed by atoms with Gasteiger partial charge in [0.05, 0.1) is 17.9 Å². The van der Waals surface area contributed by atoms with Gasteiger partial charge in [-0.15, -0.1) is 0 Å². The molecule has 1 aromatic heterocycles. The molecule has 1 heterocycles. The Morgan fingerprint density at radius 3 is 2.53 bits per heavy atom. The maximum atomic E-state index is 12.1. The van der Waals surface area contributed by atoms with Gasteiger partial charge in [-0.25, -0.2) is 4.68 Å². The number of benzene rings is 1. The maximum Gasteiger partial charge on any atom is 0.274 e. The first kappa shape index (κ1) is 11.5. The van der Waals surface area contributed by atoms with E-state index in [1.165, 1.54) is 10.9 Å². The Hall–Kier alpha value is -1.94. The largest absolute Gasteiger partial charge is 0.389 e. The van der Waals surface area contributed by atoms with Crippen LogP contribution in [0, 0.1) is 0 Å². The Morgan fingerprint density at radius 2 is 1.94 bits per heavy atom. The fourth-order valence-corrected chi connectivity index (χ4v) is 1.76. The molecule has 0 amide bonds. The van der Waals surface area contributed by atoms with E-state index in [4.69, 9.17) is 0 Å². The van der Waals surface area contributed by atoms with Gasteiger partial charge in [0.15, 0.2) is 0 Å². The molecule has 0 saturated heterocycles. The molecule has 2 aromatic rings. The molecule has 1 unspecified atom stereocenters. The molecular weight excluding hydrogens is 216 g/mol. The highest BCUT2D eigenvalue weighted by atomic mass is 16.3. The van der Waals surface area contributed by atoms with Crippen LogP contribution in [0.15, 0.2) is 41.3 Å². The van der Waals surface area contributed by atoms with E-state index in [0.717, 1.165) is 5.56 Å². The Labute approximate surface area is 99.2 Å². The molecule has 0 fully saturated rings. The van der Waals surface area contributed by atoms with Crippen LogP contribution in [0.5, 0.6) is 0 Å². The van der Waals surface area contributed by atoms with Gasteiger partial charge in [-0.05, 0) is 12.5 Å². The predicted octanol–water partition coefficient (Wildman–Crippen LogP) is 1.50. The fourth-order valence-electron chi connectivity index (χ4n) is 1.76. The van der Waals surface area contributed by atoms with Crippen molar-refractivity contribution in [3.63, 3.8) is 0 Å². The zero-order valence-corrected chi connectivity index (χ0v) is 9.79. The summed E-state index contributed by atoms with van der Waals surface area (Å²) in [6, 6.07) is 9.31. The van der Waals surface area contributed by atoms with Gasteiger partial charge in [-0.1, -0.05) is 30.3 Å². The molecule has 2 rings (SSSR count). The second-order valence-electron chi connectivity index (χ2n) is 3.95. The number of nitrogens with zero attached hydrogens (tertiary/aromatic N) is 2. The summed E-state index contributed by atoms with van der Waals surface area (Å²) in [6.07, 6.45) is 0.820. The van der Waals surface area contributed by atoms with E-state index >= 15 is 0 Å². The van der Waals surface area contributed by atoms with Crippen LogP contribution in [0.1, 0.15) is 18.6 Å². The van der Waals surface area contributed by atoms with Gasteiger partial charge in [0.2, 0.25) is 0 Å². The summed E-state index contributed by atoms with van der Waals surface area (Å²) in [5.41, 5.74) is 1.67. The lowest BCUT2D eigenvalue weighted by molar-refractivity contribution is 0.199. The quantitative estimate of drug-likeness (QED) is 0.850. The van der Waals surface area contributed by atoms with Gasteiger partial charge < -0.3 is 5.11 Å². The summed E-state index contributed by atoms with van der Waals surface area (Å²) in [5.74, 6) is 0. The summed E-state index contributed by atoms with van der Waals surface area (Å²) < 4.78 is 1.27. The van der Waals surface area contributed by atoms with E-state index in [9.17, 15) is 9.90 Å². The van der Waals surface area contributed by atoms with E-state index in [1.54, 1.807) is 14.0 Å². The van der Waals surface area contributed by atoms with Crippen LogP contribution < -0.4 is 5.56 Å². The van der Waals surface area contributed by atoms with Crippen LogP contribution in [0.4, 0.5) is 0 Å². The average Bonchev–Trinajstić information content (AvgIpc) is 2.33. The number of aliphatic hydroxyl groups excluding tert-OH is 1. The van der Waals surface area contributed by atoms with Crippen molar-refractivity contribution in [3.8, 4) is 11.1 Å². The first-order chi connectivity index (χ1) is 8.11. The molecule has 1 N–H and O–H groups in total. The predicted molar refractivity (Wildman–Crippen MR) is 65.5 cm³/mol. The molecule has 1 atom stereocenters. The molecule has 0 saturated carbocycles. The van der Waals surface area contributed by atoms with Gasteiger partial charge in [0, 0.05) is 12.6 Å². The van der Waals surface area contributed by atoms with Crippen molar-refractivity contribution in [2.45, 2.75) is 13.0 Å². The molecule has 4 heteroatoms. The molecule has 0 spiro atoms. The van der Waals surface area contributed by atoms with E-state index in [2.05, 4.69) is 5.10 Å². The van der Waals surface area contributed by atoms with Crippen molar-refractivity contribution in [2.75, 3.05) is 0 Å². The molecule has 88 valence electrons. The summed E-state index contributed by atoms with van der Waals surface area (Å²) in [7, 11) is 1.60. The minimum Gasteiger partial charge on any atom is -0.389 e. The Morgan fingerprint density at radius 1 is 1.29 bits per heavy atom. The van der Waals surface area contributed by atoms with Crippen LogP contribution in [0.2, 0.25) is 0 Å². The summed E-state index contributed by atoms with van der Waals surface area (Å²) in [6.45, 7) is 1.63. The highest BCUT2D eigenvalue weighted by Gasteiger charge is 2.15. The number of aliphatic hydroxyl groups is 1. The lowest BCUT2D eigenvalue weighted by Gasteiger charge is -2.11. The maximum absolute atomic E-state index is 12.1. The summed E-state index contributed by atoms with van der Waals surface area (Å²) >= 11 is 0. The third-order valence-electron chi connectivity index (χ3n) is 2.68. The summed E-state index contributed by atoms with van der Waals surface area (Å²) in [5, 5.41) is 13.6. The standard InChI is InChI=1S/C13H14N2O2/c1-9(16)11-8-14-15(2)13(17)12(11)10-6-4-3-5-7-10/h3-9,16H,1-2H3. The minimum atomic E-state index is -0.716. The molecule has 0 aliphatic carbocycles. The van der Waals surface area contributed by atoms with E-state index in [0.29, 0.717) is 11.1 Å². The second kappa shape index (κ2) is 4.51. The third-order valence-corrected chi connectivity index (χ3v) is 2.68. The third kappa shape index (κ3) is 2.12. The van der Waals surface area contributed by atoms with Crippen molar-refractivity contribution < 1.29 is 5.11 Å². The van der Waals surface area contributed by atoms with Gasteiger partial charge in [-0.2, -0.15) is 5.10 Å². The fraction of sp³-hybridized carbons (Fsp3) is 0.231. The van der Waals surface area contributed by atoms with Crippen LogP contribution in [-0.2, 0) is 7.05 Å². The van der Waals surface area contributed by atoms with Gasteiger partial charge >= 0.3 is 0 Å². The number of rotatable bonds is 2. The SMILES string of the molecule is CC(O)c1cnn(C)c(=O)c1-c1ccccc1. The first-order valence-corrected chi connectivity index (χ1v) is 5.41. The lowest BCUT2D eigenvalue weighted by Crippen LogP contribution is -2.23. The number of aryl methyl sites for hydroxylation is 1. The van der Waals surface area contributed by atoms with Crippen molar-refractivity contribution in [1.82, 2.24) is 9.78 Å². The van der Waals surface area contributed by atoms with Gasteiger partial charge in [0.25, 0.3) is 5.56 Å². The minimum absolute atomic E-state index is 0.199. The van der Waals surface area contributed by atoms with Gasteiger partial charge in [0.1, 0.15) is 0 Å². The Balaban J connectivity index is 2.75. The molecule has 0 aliphatic rings. The molecule has 4 nitrogen and oxygen atoms in total. The number of aromatic nitrogens is 2. The van der Waals surface area contributed by atoms with Crippen LogP contribution in [0.25, 0.3) is 11.1 Å². The van der Waals surface area contributed by atoms with Crippen LogP contribution in [0.3, 0.4) is 0 Å². The van der Waals surface area contributed by atoms with Crippen molar-refractivity contribution in [2.24, 2.45) is 7.05 Å². The Kier molecular flexibility index (Phi) is 3.06. The zero-order chi connectivity index (χ0) is 12.4. The molecular formula is C13H14N2O2. The molecule has 0 radical (unpaired) electrons. The normalized spacial score (nSPS) is 12.4. The first-order valence-electron chi connectivity index (χ1n) is 5.41. The molecule has 0 bridgehead atoms. The molecule has 17 heavy (non-hydrogen) atoms. The van der Waals surface area contributed by atoms with E-state index in [1.807, 2.05) is 30.3 Å². The molecule has 0 aliphatic heterocycles. The van der Waals surface area contributed by atoms with E-state index in [-0.39, 0.29) is 5.56 Å². The summed E-state index contributed by atoms with van der Waals surface area (Å²) in [4.78, 5) is 12.1. The zero-order valence-electron chi connectivity index (χ0n) is 9.79. The highest BCUT2D eigenvalue weighted by Crippen LogP contribution is 2.23. The van der Waals surface area contributed by atoms with Crippen molar-refractivity contribution in [1.29, 1.82) is 0 Å². The highest BCUT2D eigenvalue weighted by molar-refractivity contribution is 5.66. The van der Waals surface area contributed by atoms with Crippen LogP contribution >= 0.6 is 0 Å². The number of hydrogen-bond donors (Lipinski definition) is 1. The molecule has 1 aromatic carbocycles. The second-order valence-corrected chi connectivity index (χ2v) is 3.95. The Bertz CT molecular complexity index is 574.